The van der Waals surface area contributed by atoms with Crippen molar-refractivity contribution >= 4 is 5.65 Å². The van der Waals surface area contributed by atoms with Gasteiger partial charge in [-0.2, -0.15) is 0 Å². The van der Waals surface area contributed by atoms with Gasteiger partial charge < -0.3 is 10.1 Å². The molecular formula is C12H16N4O. The third-order valence-corrected chi connectivity index (χ3v) is 3.12. The van der Waals surface area contributed by atoms with Gasteiger partial charge in [0.2, 0.25) is 0 Å². The van der Waals surface area contributed by atoms with Crippen molar-refractivity contribution in [2.45, 2.75) is 25.6 Å². The van der Waals surface area contributed by atoms with E-state index in [9.17, 15) is 0 Å². The summed E-state index contributed by atoms with van der Waals surface area (Å²) < 4.78 is 7.85. The number of hydrogen-bond acceptors (Lipinski definition) is 4. The summed E-state index contributed by atoms with van der Waals surface area (Å²) in [4.78, 5) is 0. The largest absolute Gasteiger partial charge is 0.370 e. The summed E-state index contributed by atoms with van der Waals surface area (Å²) in [6.07, 6.45) is 4.48. The molecule has 3 heterocycles. The Labute approximate surface area is 99.8 Å². The van der Waals surface area contributed by atoms with Crippen LogP contribution in [0.25, 0.3) is 5.65 Å². The lowest BCUT2D eigenvalue weighted by Gasteiger charge is -2.22. The molecule has 1 fully saturated rings. The molecule has 0 aliphatic carbocycles. The molecule has 90 valence electrons. The molecule has 1 aliphatic heterocycles. The van der Waals surface area contributed by atoms with E-state index in [0.29, 0.717) is 12.7 Å². The molecule has 0 atom stereocenters. The van der Waals surface area contributed by atoms with E-state index in [2.05, 4.69) is 15.5 Å². The van der Waals surface area contributed by atoms with Gasteiger partial charge in [-0.15, -0.1) is 10.2 Å². The summed E-state index contributed by atoms with van der Waals surface area (Å²) in [5.74, 6) is 0.874. The number of piperidine rings is 1. The van der Waals surface area contributed by atoms with Crippen LogP contribution in [0.4, 0.5) is 0 Å². The Morgan fingerprint density at radius 1 is 1.29 bits per heavy atom. The molecule has 0 radical (unpaired) electrons. The minimum absolute atomic E-state index is 0.354. The molecule has 2 aromatic heterocycles. The Morgan fingerprint density at radius 2 is 2.18 bits per heavy atom. The Bertz CT molecular complexity index is 490. The first kappa shape index (κ1) is 10.7. The van der Waals surface area contributed by atoms with Crippen molar-refractivity contribution in [1.82, 2.24) is 19.9 Å². The van der Waals surface area contributed by atoms with Crippen molar-refractivity contribution in [2.24, 2.45) is 0 Å². The minimum Gasteiger partial charge on any atom is -0.370 e. The highest BCUT2D eigenvalue weighted by atomic mass is 16.5. The zero-order chi connectivity index (χ0) is 11.5. The number of pyridine rings is 1. The van der Waals surface area contributed by atoms with Crippen molar-refractivity contribution in [3.05, 3.63) is 30.2 Å². The molecule has 0 spiro atoms. The summed E-state index contributed by atoms with van der Waals surface area (Å²) in [6.45, 7) is 2.63. The maximum atomic E-state index is 5.87. The molecule has 1 N–H and O–H groups in total. The maximum absolute atomic E-state index is 5.87. The van der Waals surface area contributed by atoms with Crippen LogP contribution in [0.2, 0.25) is 0 Å². The second-order valence-corrected chi connectivity index (χ2v) is 4.31. The number of nitrogens with zero attached hydrogens (tertiary/aromatic N) is 3. The van der Waals surface area contributed by atoms with Crippen molar-refractivity contribution in [2.75, 3.05) is 13.1 Å². The van der Waals surface area contributed by atoms with Gasteiger partial charge in [-0.1, -0.05) is 6.07 Å². The zero-order valence-electron chi connectivity index (χ0n) is 9.67. The van der Waals surface area contributed by atoms with Gasteiger partial charge in [-0.05, 0) is 38.1 Å². The summed E-state index contributed by atoms with van der Waals surface area (Å²) in [5.41, 5.74) is 0.872. The number of hydrogen-bond donors (Lipinski definition) is 1. The van der Waals surface area contributed by atoms with Crippen LogP contribution in [0.3, 0.4) is 0 Å². The molecule has 1 saturated heterocycles. The van der Waals surface area contributed by atoms with E-state index in [1.165, 1.54) is 0 Å². The van der Waals surface area contributed by atoms with Crippen LogP contribution in [0, 0.1) is 0 Å². The third kappa shape index (κ3) is 2.30. The number of aromatic nitrogens is 3. The minimum atomic E-state index is 0.354. The van der Waals surface area contributed by atoms with E-state index in [4.69, 9.17) is 4.74 Å². The van der Waals surface area contributed by atoms with Gasteiger partial charge in [0.15, 0.2) is 11.5 Å². The smallest absolute Gasteiger partial charge is 0.163 e. The molecule has 5 nitrogen and oxygen atoms in total. The lowest BCUT2D eigenvalue weighted by Crippen LogP contribution is -2.32. The Kier molecular flexibility index (Phi) is 3.02. The number of fused-ring (bicyclic) bond motifs is 1. The number of nitrogens with one attached hydrogen (secondary N) is 1. The molecule has 0 saturated carbocycles. The number of ether oxygens (including phenoxy) is 1. The Hall–Kier alpha value is -1.46. The first-order valence-electron chi connectivity index (χ1n) is 6.04. The van der Waals surface area contributed by atoms with Crippen molar-refractivity contribution in [3.8, 4) is 0 Å². The molecule has 3 rings (SSSR count). The first-order chi connectivity index (χ1) is 8.43. The molecule has 0 aromatic carbocycles. The SMILES string of the molecule is c1ccn2c(COC3CCNCC3)nnc2c1. The summed E-state index contributed by atoms with van der Waals surface area (Å²) >= 11 is 0. The fourth-order valence-electron chi connectivity index (χ4n) is 2.14. The predicted octanol–water partition coefficient (Wildman–Crippen LogP) is 0.998. The van der Waals surface area contributed by atoms with E-state index in [-0.39, 0.29) is 0 Å². The van der Waals surface area contributed by atoms with Crippen LogP contribution in [0.15, 0.2) is 24.4 Å². The van der Waals surface area contributed by atoms with E-state index >= 15 is 0 Å². The summed E-state index contributed by atoms with van der Waals surface area (Å²) in [5, 5.41) is 11.6. The summed E-state index contributed by atoms with van der Waals surface area (Å²) in [6, 6.07) is 5.88. The molecule has 17 heavy (non-hydrogen) atoms. The fourth-order valence-corrected chi connectivity index (χ4v) is 2.14. The quantitative estimate of drug-likeness (QED) is 0.857. The molecular weight excluding hydrogens is 216 g/mol. The normalized spacial score (nSPS) is 17.6. The van der Waals surface area contributed by atoms with Gasteiger partial charge in [0.05, 0.1) is 6.10 Å². The van der Waals surface area contributed by atoms with Gasteiger partial charge in [0.1, 0.15) is 6.61 Å². The van der Waals surface area contributed by atoms with Gasteiger partial charge in [0, 0.05) is 6.20 Å². The molecule has 2 aromatic rings. The Balaban J connectivity index is 1.68. The van der Waals surface area contributed by atoms with Gasteiger partial charge in [0.25, 0.3) is 0 Å². The van der Waals surface area contributed by atoms with Crippen LogP contribution in [-0.2, 0) is 11.3 Å². The Morgan fingerprint density at radius 3 is 3.06 bits per heavy atom. The summed E-state index contributed by atoms with van der Waals surface area (Å²) in [7, 11) is 0. The van der Waals surface area contributed by atoms with E-state index in [0.717, 1.165) is 37.4 Å². The van der Waals surface area contributed by atoms with Gasteiger partial charge in [-0.3, -0.25) is 4.40 Å². The second kappa shape index (κ2) is 4.81. The molecule has 0 amide bonds. The maximum Gasteiger partial charge on any atom is 0.163 e. The lowest BCUT2D eigenvalue weighted by atomic mass is 10.1. The molecule has 0 bridgehead atoms. The highest BCUT2D eigenvalue weighted by Crippen LogP contribution is 2.11. The standard InChI is InChI=1S/C12H16N4O/c1-2-8-16-11(3-1)14-15-12(16)9-17-10-4-6-13-7-5-10/h1-3,8,10,13H,4-7,9H2. The third-order valence-electron chi connectivity index (χ3n) is 3.12. The van der Waals surface area contributed by atoms with Crippen LogP contribution < -0.4 is 5.32 Å². The van der Waals surface area contributed by atoms with Gasteiger partial charge >= 0.3 is 0 Å². The monoisotopic (exact) mass is 232 g/mol. The highest BCUT2D eigenvalue weighted by molar-refractivity contribution is 5.36. The average Bonchev–Trinajstić information content (AvgIpc) is 2.81. The molecule has 5 heteroatoms. The predicted molar refractivity (Wildman–Crippen MR) is 63.7 cm³/mol. The van der Waals surface area contributed by atoms with E-state index < -0.39 is 0 Å². The van der Waals surface area contributed by atoms with Gasteiger partial charge in [-0.25, -0.2) is 0 Å². The second-order valence-electron chi connectivity index (χ2n) is 4.31. The van der Waals surface area contributed by atoms with E-state index in [1.807, 2.05) is 28.8 Å². The zero-order valence-corrected chi connectivity index (χ0v) is 9.67. The van der Waals surface area contributed by atoms with Crippen LogP contribution in [-0.4, -0.2) is 33.8 Å². The van der Waals surface area contributed by atoms with Crippen molar-refractivity contribution in [1.29, 1.82) is 0 Å². The van der Waals surface area contributed by atoms with Crippen LogP contribution in [0.5, 0.6) is 0 Å². The highest BCUT2D eigenvalue weighted by Gasteiger charge is 2.14. The van der Waals surface area contributed by atoms with E-state index in [1.54, 1.807) is 0 Å². The molecule has 1 aliphatic rings. The van der Waals surface area contributed by atoms with Crippen LogP contribution >= 0.6 is 0 Å². The van der Waals surface area contributed by atoms with Crippen molar-refractivity contribution < 1.29 is 4.74 Å². The molecule has 0 unspecified atom stereocenters. The first-order valence-corrected chi connectivity index (χ1v) is 6.04. The van der Waals surface area contributed by atoms with Crippen LogP contribution in [0.1, 0.15) is 18.7 Å². The topological polar surface area (TPSA) is 51.5 Å². The fraction of sp³-hybridized carbons (Fsp3) is 0.500. The van der Waals surface area contributed by atoms with Crippen molar-refractivity contribution in [3.63, 3.8) is 0 Å². The lowest BCUT2D eigenvalue weighted by molar-refractivity contribution is 0.0174. The number of rotatable bonds is 3. The average molecular weight is 232 g/mol.